The van der Waals surface area contributed by atoms with E-state index in [0.717, 1.165) is 18.6 Å². The first-order valence-corrected chi connectivity index (χ1v) is 9.87. The Bertz CT molecular complexity index is 1170. The van der Waals surface area contributed by atoms with E-state index in [-0.39, 0.29) is 0 Å². The van der Waals surface area contributed by atoms with Crippen molar-refractivity contribution < 1.29 is 8.78 Å². The molecule has 0 saturated carbocycles. The van der Waals surface area contributed by atoms with Crippen molar-refractivity contribution in [3.63, 3.8) is 0 Å². The number of pyridine rings is 1. The third kappa shape index (κ3) is 5.01. The van der Waals surface area contributed by atoms with Crippen molar-refractivity contribution in [2.24, 2.45) is 0 Å². The monoisotopic (exact) mass is 417 g/mol. The van der Waals surface area contributed by atoms with E-state index >= 15 is 0 Å². The molecule has 1 N–H and O–H groups in total. The molecule has 0 aliphatic carbocycles. The minimum atomic E-state index is -0.903. The van der Waals surface area contributed by atoms with E-state index in [2.05, 4.69) is 32.4 Å². The molecule has 31 heavy (non-hydrogen) atoms. The quantitative estimate of drug-likeness (QED) is 0.446. The Kier molecular flexibility index (Phi) is 6.12. The van der Waals surface area contributed by atoms with Gasteiger partial charge in [0, 0.05) is 25.4 Å². The molecule has 156 valence electrons. The zero-order valence-electron chi connectivity index (χ0n) is 17.0. The van der Waals surface area contributed by atoms with Crippen LogP contribution < -0.4 is 10.2 Å². The predicted octanol–water partition coefficient (Wildman–Crippen LogP) is 5.24. The summed E-state index contributed by atoms with van der Waals surface area (Å²) in [7, 11) is 1.84. The van der Waals surface area contributed by atoms with Gasteiger partial charge in [0.15, 0.2) is 11.6 Å². The van der Waals surface area contributed by atoms with Gasteiger partial charge in [-0.2, -0.15) is 4.98 Å². The predicted molar refractivity (Wildman–Crippen MR) is 118 cm³/mol. The highest BCUT2D eigenvalue weighted by atomic mass is 19.2. The van der Waals surface area contributed by atoms with Gasteiger partial charge in [0.25, 0.3) is 0 Å². The molecular formula is C24H21F2N5. The maximum atomic E-state index is 13.6. The minimum absolute atomic E-state index is 0.500. The first kappa shape index (κ1) is 20.4. The Balaban J connectivity index is 1.48. The van der Waals surface area contributed by atoms with Crippen LogP contribution >= 0.6 is 0 Å². The molecule has 7 heteroatoms. The van der Waals surface area contributed by atoms with Gasteiger partial charge in [-0.05, 0) is 48.4 Å². The van der Waals surface area contributed by atoms with Crippen LogP contribution in [0.3, 0.4) is 0 Å². The van der Waals surface area contributed by atoms with Crippen LogP contribution in [0.2, 0.25) is 0 Å². The standard InChI is InChI=1S/C24H21F2N5/c1-31(22-9-5-8-21(29-22)18-10-11-19(25)20(26)16-18)23-13-15-28-24(30-23)27-14-12-17-6-3-2-4-7-17/h2-11,13,15-16H,12,14H2,1H3,(H,27,28,30). The molecule has 0 unspecified atom stereocenters. The lowest BCUT2D eigenvalue weighted by Crippen LogP contribution is -2.15. The molecule has 0 aliphatic rings. The number of nitrogens with zero attached hydrogens (tertiary/aromatic N) is 4. The van der Waals surface area contributed by atoms with Crippen molar-refractivity contribution >= 4 is 17.6 Å². The Morgan fingerprint density at radius 2 is 1.65 bits per heavy atom. The van der Waals surface area contributed by atoms with E-state index in [0.29, 0.717) is 35.4 Å². The molecule has 5 nitrogen and oxygen atoms in total. The lowest BCUT2D eigenvalue weighted by Gasteiger charge is -2.18. The highest BCUT2D eigenvalue weighted by molar-refractivity contribution is 5.64. The van der Waals surface area contributed by atoms with Crippen LogP contribution in [0.4, 0.5) is 26.4 Å². The van der Waals surface area contributed by atoms with E-state index in [1.54, 1.807) is 18.3 Å². The van der Waals surface area contributed by atoms with Crippen LogP contribution in [0.25, 0.3) is 11.3 Å². The van der Waals surface area contributed by atoms with E-state index in [1.807, 2.05) is 42.3 Å². The molecule has 0 bridgehead atoms. The highest BCUT2D eigenvalue weighted by Crippen LogP contribution is 2.25. The fraction of sp³-hybridized carbons (Fsp3) is 0.125. The van der Waals surface area contributed by atoms with Crippen molar-refractivity contribution in [1.29, 1.82) is 0 Å². The second kappa shape index (κ2) is 9.30. The lowest BCUT2D eigenvalue weighted by atomic mass is 10.1. The molecule has 0 radical (unpaired) electrons. The number of nitrogens with one attached hydrogen (secondary N) is 1. The van der Waals surface area contributed by atoms with Crippen molar-refractivity contribution in [2.75, 3.05) is 23.8 Å². The van der Waals surface area contributed by atoms with Crippen molar-refractivity contribution in [2.45, 2.75) is 6.42 Å². The molecule has 0 amide bonds. The summed E-state index contributed by atoms with van der Waals surface area (Å²) in [5, 5.41) is 3.24. The summed E-state index contributed by atoms with van der Waals surface area (Å²) in [6, 6.07) is 21.1. The van der Waals surface area contributed by atoms with Gasteiger partial charge in [0.2, 0.25) is 5.95 Å². The number of hydrogen-bond donors (Lipinski definition) is 1. The Morgan fingerprint density at radius 3 is 2.45 bits per heavy atom. The summed E-state index contributed by atoms with van der Waals surface area (Å²) in [6.45, 7) is 0.709. The van der Waals surface area contributed by atoms with Gasteiger partial charge < -0.3 is 10.2 Å². The number of aromatic nitrogens is 3. The van der Waals surface area contributed by atoms with Crippen LogP contribution in [0.1, 0.15) is 5.56 Å². The van der Waals surface area contributed by atoms with Gasteiger partial charge in [-0.25, -0.2) is 18.7 Å². The van der Waals surface area contributed by atoms with E-state index < -0.39 is 11.6 Å². The number of hydrogen-bond acceptors (Lipinski definition) is 5. The van der Waals surface area contributed by atoms with Gasteiger partial charge >= 0.3 is 0 Å². The third-order valence-electron chi connectivity index (χ3n) is 4.82. The smallest absolute Gasteiger partial charge is 0.224 e. The number of halogens is 2. The molecule has 4 aromatic rings. The summed E-state index contributed by atoms with van der Waals surface area (Å²) in [5.41, 5.74) is 2.28. The molecule has 0 saturated heterocycles. The molecule has 4 rings (SSSR count). The van der Waals surface area contributed by atoms with Crippen molar-refractivity contribution in [3.8, 4) is 11.3 Å². The molecular weight excluding hydrogens is 396 g/mol. The second-order valence-corrected chi connectivity index (χ2v) is 6.97. The van der Waals surface area contributed by atoms with E-state index in [1.165, 1.54) is 11.6 Å². The summed E-state index contributed by atoms with van der Waals surface area (Å²) in [5.74, 6) is 0.0192. The summed E-state index contributed by atoms with van der Waals surface area (Å²) >= 11 is 0. The lowest BCUT2D eigenvalue weighted by molar-refractivity contribution is 0.509. The third-order valence-corrected chi connectivity index (χ3v) is 4.82. The van der Waals surface area contributed by atoms with Crippen LogP contribution in [0.5, 0.6) is 0 Å². The van der Waals surface area contributed by atoms with Gasteiger partial charge in [0.05, 0.1) is 5.69 Å². The maximum Gasteiger partial charge on any atom is 0.224 e. The summed E-state index contributed by atoms with van der Waals surface area (Å²) in [6.07, 6.45) is 2.55. The Morgan fingerprint density at radius 1 is 0.839 bits per heavy atom. The summed E-state index contributed by atoms with van der Waals surface area (Å²) in [4.78, 5) is 15.2. The fourth-order valence-corrected chi connectivity index (χ4v) is 3.13. The maximum absolute atomic E-state index is 13.6. The zero-order valence-corrected chi connectivity index (χ0v) is 17.0. The summed E-state index contributed by atoms with van der Waals surface area (Å²) < 4.78 is 26.8. The first-order valence-electron chi connectivity index (χ1n) is 9.87. The molecule has 0 spiro atoms. The molecule has 0 aliphatic heterocycles. The van der Waals surface area contributed by atoms with E-state index in [4.69, 9.17) is 0 Å². The van der Waals surface area contributed by atoms with Gasteiger partial charge in [-0.1, -0.05) is 36.4 Å². The Hall–Kier alpha value is -3.87. The van der Waals surface area contributed by atoms with Gasteiger partial charge in [-0.15, -0.1) is 0 Å². The number of anilines is 3. The topological polar surface area (TPSA) is 53.9 Å². The van der Waals surface area contributed by atoms with Crippen molar-refractivity contribution in [1.82, 2.24) is 15.0 Å². The molecule has 2 aromatic carbocycles. The fourth-order valence-electron chi connectivity index (χ4n) is 3.13. The molecule has 0 fully saturated rings. The average molecular weight is 417 g/mol. The van der Waals surface area contributed by atoms with Crippen LogP contribution in [-0.2, 0) is 6.42 Å². The zero-order chi connectivity index (χ0) is 21.6. The normalized spacial score (nSPS) is 10.7. The first-order chi connectivity index (χ1) is 15.1. The SMILES string of the molecule is CN(c1cccc(-c2ccc(F)c(F)c2)n1)c1ccnc(NCCc2ccccc2)n1. The second-order valence-electron chi connectivity index (χ2n) is 6.97. The molecule has 0 atom stereocenters. The largest absolute Gasteiger partial charge is 0.354 e. The van der Waals surface area contributed by atoms with Gasteiger partial charge in [0.1, 0.15) is 11.6 Å². The van der Waals surface area contributed by atoms with Crippen LogP contribution in [0.15, 0.2) is 79.0 Å². The molecule has 2 aromatic heterocycles. The number of benzene rings is 2. The highest BCUT2D eigenvalue weighted by Gasteiger charge is 2.11. The van der Waals surface area contributed by atoms with Crippen LogP contribution in [0, 0.1) is 11.6 Å². The van der Waals surface area contributed by atoms with Gasteiger partial charge in [-0.3, -0.25) is 0 Å². The minimum Gasteiger partial charge on any atom is -0.354 e. The molecule has 2 heterocycles. The van der Waals surface area contributed by atoms with E-state index in [9.17, 15) is 8.78 Å². The number of rotatable bonds is 7. The average Bonchev–Trinajstić information content (AvgIpc) is 2.81. The van der Waals surface area contributed by atoms with Crippen LogP contribution in [-0.4, -0.2) is 28.5 Å². The van der Waals surface area contributed by atoms with Crippen molar-refractivity contribution in [3.05, 3.63) is 96.2 Å². The Labute approximate surface area is 179 Å².